The Morgan fingerprint density at radius 3 is 2.81 bits per heavy atom. The highest BCUT2D eigenvalue weighted by molar-refractivity contribution is 6.31. The van der Waals surface area contributed by atoms with E-state index in [1.54, 1.807) is 12.1 Å². The smallest absolute Gasteiger partial charge is 0.319 e. The van der Waals surface area contributed by atoms with Gasteiger partial charge in [0.05, 0.1) is 0 Å². The van der Waals surface area contributed by atoms with Crippen molar-refractivity contribution < 1.29 is 9.59 Å². The van der Waals surface area contributed by atoms with Crippen LogP contribution in [-0.4, -0.2) is 18.5 Å². The van der Waals surface area contributed by atoms with Gasteiger partial charge in [-0.3, -0.25) is 4.79 Å². The van der Waals surface area contributed by atoms with Crippen molar-refractivity contribution in [2.24, 2.45) is 0 Å². The number of carbonyl (C=O) groups excluding carboxylic acids is 2. The average Bonchev–Trinajstić information content (AvgIpc) is 3.06. The van der Waals surface area contributed by atoms with Gasteiger partial charge in [-0.15, -0.1) is 0 Å². The molecule has 0 saturated heterocycles. The molecule has 2 aromatic carbocycles. The molecule has 0 aromatic heterocycles. The second-order valence-corrected chi connectivity index (χ2v) is 6.74. The number of nitrogens with one attached hydrogen (secondary N) is 2. The number of anilines is 2. The molecule has 0 spiro atoms. The van der Waals surface area contributed by atoms with Crippen molar-refractivity contribution in [2.75, 3.05) is 16.8 Å². The number of amides is 3. The van der Waals surface area contributed by atoms with E-state index >= 15 is 0 Å². The number of hydrogen-bond acceptors (Lipinski definition) is 2. The van der Waals surface area contributed by atoms with Crippen LogP contribution in [0.2, 0.25) is 5.02 Å². The third kappa shape index (κ3) is 3.83. The summed E-state index contributed by atoms with van der Waals surface area (Å²) in [5, 5.41) is 6.29. The number of nitrogens with zero attached hydrogens (tertiary/aromatic N) is 1. The van der Waals surface area contributed by atoms with Crippen LogP contribution < -0.4 is 15.5 Å². The molecule has 0 fully saturated rings. The molecule has 2 N–H and O–H groups in total. The maximum Gasteiger partial charge on any atom is 0.319 e. The van der Waals surface area contributed by atoms with E-state index in [9.17, 15) is 9.59 Å². The van der Waals surface area contributed by atoms with Crippen LogP contribution in [0.3, 0.4) is 0 Å². The van der Waals surface area contributed by atoms with Crippen molar-refractivity contribution in [3.05, 3.63) is 58.1 Å². The third-order valence-electron chi connectivity index (χ3n) is 4.61. The van der Waals surface area contributed by atoms with E-state index in [0.29, 0.717) is 23.7 Å². The molecule has 5 nitrogen and oxygen atoms in total. The Kier molecular flexibility index (Phi) is 5.47. The highest BCUT2D eigenvalue weighted by Gasteiger charge is 2.23. The zero-order valence-corrected chi connectivity index (χ0v) is 15.7. The number of rotatable bonds is 4. The predicted octanol–water partition coefficient (Wildman–Crippen LogP) is 4.27. The van der Waals surface area contributed by atoms with Gasteiger partial charge in [-0.1, -0.05) is 36.7 Å². The van der Waals surface area contributed by atoms with Gasteiger partial charge in [-0.2, -0.15) is 0 Å². The highest BCUT2D eigenvalue weighted by atomic mass is 35.5. The molecule has 0 bridgehead atoms. The Labute approximate surface area is 158 Å². The Morgan fingerprint density at radius 1 is 1.23 bits per heavy atom. The van der Waals surface area contributed by atoms with Gasteiger partial charge >= 0.3 is 6.03 Å². The van der Waals surface area contributed by atoms with Gasteiger partial charge in [0.2, 0.25) is 5.91 Å². The molecule has 0 atom stereocenters. The molecule has 0 saturated carbocycles. The molecule has 3 rings (SSSR count). The lowest BCUT2D eigenvalue weighted by Crippen LogP contribution is -2.28. The summed E-state index contributed by atoms with van der Waals surface area (Å²) in [6.45, 7) is 4.88. The quantitative estimate of drug-likeness (QED) is 0.843. The minimum atomic E-state index is -0.279. The van der Waals surface area contributed by atoms with Crippen molar-refractivity contribution in [1.82, 2.24) is 5.32 Å². The topological polar surface area (TPSA) is 61.4 Å². The van der Waals surface area contributed by atoms with Crippen LogP contribution in [0.5, 0.6) is 0 Å². The molecular formula is C20H22ClN3O2. The first-order valence-electron chi connectivity index (χ1n) is 8.71. The van der Waals surface area contributed by atoms with Crippen LogP contribution >= 0.6 is 11.6 Å². The highest BCUT2D eigenvalue weighted by Crippen LogP contribution is 2.29. The van der Waals surface area contributed by atoms with Crippen LogP contribution in [0.4, 0.5) is 16.2 Å². The second kappa shape index (κ2) is 7.79. The zero-order chi connectivity index (χ0) is 18.7. The van der Waals surface area contributed by atoms with Crippen LogP contribution in [-0.2, 0) is 17.8 Å². The SMILES string of the molecule is CCC(=O)N1CCc2cc(CNC(=O)Nc3cccc(Cl)c3C)ccc21. The van der Waals surface area contributed by atoms with E-state index in [2.05, 4.69) is 16.7 Å². The summed E-state index contributed by atoms with van der Waals surface area (Å²) in [5.41, 5.74) is 4.67. The maximum atomic E-state index is 12.1. The number of halogens is 1. The minimum Gasteiger partial charge on any atom is -0.334 e. The lowest BCUT2D eigenvalue weighted by molar-refractivity contribution is -0.118. The van der Waals surface area contributed by atoms with Gasteiger partial charge in [0.1, 0.15) is 0 Å². The number of carbonyl (C=O) groups is 2. The van der Waals surface area contributed by atoms with Crippen LogP contribution in [0, 0.1) is 6.92 Å². The molecule has 1 aliphatic rings. The van der Waals surface area contributed by atoms with E-state index in [-0.39, 0.29) is 11.9 Å². The summed E-state index contributed by atoms with van der Waals surface area (Å²) in [7, 11) is 0. The van der Waals surface area contributed by atoms with E-state index in [1.165, 1.54) is 0 Å². The molecule has 1 heterocycles. The third-order valence-corrected chi connectivity index (χ3v) is 5.02. The van der Waals surface area contributed by atoms with Crippen LogP contribution in [0.1, 0.15) is 30.0 Å². The zero-order valence-electron chi connectivity index (χ0n) is 14.9. The molecule has 3 amide bonds. The summed E-state index contributed by atoms with van der Waals surface area (Å²) in [6, 6.07) is 11.1. The Balaban J connectivity index is 1.61. The lowest BCUT2D eigenvalue weighted by Gasteiger charge is -2.16. The van der Waals surface area contributed by atoms with Gasteiger partial charge in [0.15, 0.2) is 0 Å². The summed E-state index contributed by atoms with van der Waals surface area (Å²) in [4.78, 5) is 25.9. The fraction of sp³-hybridized carbons (Fsp3) is 0.300. The van der Waals surface area contributed by atoms with Crippen molar-refractivity contribution >= 4 is 34.9 Å². The number of benzene rings is 2. The Bertz CT molecular complexity index is 851. The van der Waals surface area contributed by atoms with Gasteiger partial charge in [0, 0.05) is 35.9 Å². The molecule has 1 aliphatic heterocycles. The fourth-order valence-electron chi connectivity index (χ4n) is 3.11. The molecule has 0 radical (unpaired) electrons. The van der Waals surface area contributed by atoms with Gasteiger partial charge in [0.25, 0.3) is 0 Å². The summed E-state index contributed by atoms with van der Waals surface area (Å²) in [5.74, 6) is 0.144. The number of fused-ring (bicyclic) bond motifs is 1. The largest absolute Gasteiger partial charge is 0.334 e. The van der Waals surface area contributed by atoms with Crippen molar-refractivity contribution in [3.63, 3.8) is 0 Å². The van der Waals surface area contributed by atoms with Crippen molar-refractivity contribution in [1.29, 1.82) is 0 Å². The van der Waals surface area contributed by atoms with Crippen LogP contribution in [0.15, 0.2) is 36.4 Å². The van der Waals surface area contributed by atoms with Crippen LogP contribution in [0.25, 0.3) is 0 Å². The normalized spacial score (nSPS) is 12.7. The first-order chi connectivity index (χ1) is 12.5. The summed E-state index contributed by atoms with van der Waals surface area (Å²) < 4.78 is 0. The van der Waals surface area contributed by atoms with E-state index in [4.69, 9.17) is 11.6 Å². The van der Waals surface area contributed by atoms with Gasteiger partial charge < -0.3 is 15.5 Å². The monoisotopic (exact) mass is 371 g/mol. The van der Waals surface area contributed by atoms with Gasteiger partial charge in [-0.05, 0) is 48.2 Å². The Morgan fingerprint density at radius 2 is 2.04 bits per heavy atom. The van der Waals surface area contributed by atoms with E-state index < -0.39 is 0 Å². The number of hydrogen-bond donors (Lipinski definition) is 2. The first kappa shape index (κ1) is 18.3. The first-order valence-corrected chi connectivity index (χ1v) is 9.09. The molecule has 136 valence electrons. The van der Waals surface area contributed by atoms with Crippen molar-refractivity contribution in [2.45, 2.75) is 33.2 Å². The maximum absolute atomic E-state index is 12.1. The standard InChI is InChI=1S/C20H22ClN3O2/c1-3-19(25)24-10-9-15-11-14(7-8-18(15)24)12-22-20(26)23-17-6-4-5-16(21)13(17)2/h4-8,11H,3,9-10,12H2,1-2H3,(H2,22,23,26). The minimum absolute atomic E-state index is 0.144. The average molecular weight is 372 g/mol. The Hall–Kier alpha value is -2.53. The number of urea groups is 1. The van der Waals surface area contributed by atoms with E-state index in [0.717, 1.165) is 35.3 Å². The molecular weight excluding hydrogens is 350 g/mol. The van der Waals surface area contributed by atoms with Crippen molar-refractivity contribution in [3.8, 4) is 0 Å². The van der Waals surface area contributed by atoms with E-state index in [1.807, 2.05) is 36.9 Å². The molecule has 6 heteroatoms. The summed E-state index contributed by atoms with van der Waals surface area (Å²) in [6.07, 6.45) is 1.36. The fourth-order valence-corrected chi connectivity index (χ4v) is 3.28. The molecule has 0 unspecified atom stereocenters. The molecule has 0 aliphatic carbocycles. The molecule has 26 heavy (non-hydrogen) atoms. The molecule has 2 aromatic rings. The van der Waals surface area contributed by atoms with Gasteiger partial charge in [-0.25, -0.2) is 4.79 Å². The lowest BCUT2D eigenvalue weighted by atomic mass is 10.1. The predicted molar refractivity (Wildman–Crippen MR) is 105 cm³/mol. The summed E-state index contributed by atoms with van der Waals surface area (Å²) >= 11 is 6.07. The second-order valence-electron chi connectivity index (χ2n) is 6.33.